The van der Waals surface area contributed by atoms with Gasteiger partial charge in [0.05, 0.1) is 19.8 Å². The van der Waals surface area contributed by atoms with E-state index in [0.717, 1.165) is 47.2 Å². The van der Waals surface area contributed by atoms with Gasteiger partial charge >= 0.3 is 0 Å². The molecule has 1 rings (SSSR count). The molecular weight excluding hydrogens is 644 g/mol. The van der Waals surface area contributed by atoms with E-state index in [-0.39, 0.29) is 6.61 Å². The monoisotopic (exact) mass is 714 g/mol. The first-order valence-electron chi connectivity index (χ1n) is 19.5. The third-order valence-electron chi connectivity index (χ3n) is 8.45. The number of aliphatic hydroxyl groups is 1. The van der Waals surface area contributed by atoms with Crippen molar-refractivity contribution in [2.24, 2.45) is 0 Å². The zero-order chi connectivity index (χ0) is 33.9. The van der Waals surface area contributed by atoms with Crippen LogP contribution in [0.15, 0.2) is 65.2 Å². The smallest absolute Gasteiger partial charge is 0.137 e. The van der Waals surface area contributed by atoms with Crippen LogP contribution >= 0.6 is 15.9 Å². The Kier molecular flexibility index (Phi) is 31.4. The molecule has 0 amide bonds. The molecule has 268 valence electrons. The second-order valence-electron chi connectivity index (χ2n) is 12.9. The zero-order valence-corrected chi connectivity index (χ0v) is 32.1. The van der Waals surface area contributed by atoms with Crippen LogP contribution < -0.4 is 9.47 Å². The van der Waals surface area contributed by atoms with Crippen molar-refractivity contribution < 1.29 is 14.6 Å². The van der Waals surface area contributed by atoms with Crippen LogP contribution in [0.3, 0.4) is 0 Å². The molecule has 0 saturated carbocycles. The van der Waals surface area contributed by atoms with Crippen LogP contribution in [-0.2, 0) is 6.61 Å². The normalized spacial score (nSPS) is 12.1. The molecule has 0 radical (unpaired) electrons. The molecule has 0 fully saturated rings. The fourth-order valence-corrected chi connectivity index (χ4v) is 5.93. The van der Waals surface area contributed by atoms with E-state index in [2.05, 4.69) is 78.4 Å². The molecule has 4 heteroatoms. The Hall–Kier alpha value is -1.78. The van der Waals surface area contributed by atoms with Crippen molar-refractivity contribution in [1.29, 1.82) is 0 Å². The van der Waals surface area contributed by atoms with E-state index in [9.17, 15) is 5.11 Å². The summed E-state index contributed by atoms with van der Waals surface area (Å²) in [6, 6.07) is 3.85. The SMILES string of the molecule is CCCCCC=CCC=CCCCCCCCCOc1cc(CO)cc(OCCCCCCCCC=CCC=CCCCCC)c1Br. The first-order chi connectivity index (χ1) is 23.2. The summed E-state index contributed by atoms with van der Waals surface area (Å²) < 4.78 is 13.1. The maximum atomic E-state index is 9.78. The molecule has 1 aromatic rings. The molecule has 0 atom stereocenters. The summed E-state index contributed by atoms with van der Waals surface area (Å²) in [5.41, 5.74) is 0.826. The van der Waals surface area contributed by atoms with Crippen LogP contribution in [0.1, 0.15) is 174 Å². The van der Waals surface area contributed by atoms with Crippen LogP contribution in [0, 0.1) is 0 Å². The number of halogens is 1. The highest BCUT2D eigenvalue weighted by atomic mass is 79.9. The van der Waals surface area contributed by atoms with Gasteiger partial charge in [-0.1, -0.05) is 140 Å². The van der Waals surface area contributed by atoms with Crippen LogP contribution in [0.25, 0.3) is 0 Å². The van der Waals surface area contributed by atoms with Gasteiger partial charge < -0.3 is 14.6 Å². The minimum absolute atomic E-state index is 0.0180. The summed E-state index contributed by atoms with van der Waals surface area (Å²) >= 11 is 3.70. The minimum Gasteiger partial charge on any atom is -0.492 e. The van der Waals surface area contributed by atoms with Gasteiger partial charge in [-0.3, -0.25) is 0 Å². The molecule has 3 nitrogen and oxygen atoms in total. The molecule has 1 N–H and O–H groups in total. The lowest BCUT2D eigenvalue weighted by Crippen LogP contribution is -2.03. The topological polar surface area (TPSA) is 38.7 Å². The Bertz CT molecular complexity index is 877. The van der Waals surface area contributed by atoms with Gasteiger partial charge in [0.2, 0.25) is 0 Å². The van der Waals surface area contributed by atoms with Crippen LogP contribution in [0.2, 0.25) is 0 Å². The first-order valence-corrected chi connectivity index (χ1v) is 20.3. The van der Waals surface area contributed by atoms with Gasteiger partial charge in [-0.25, -0.2) is 0 Å². The average Bonchev–Trinajstić information content (AvgIpc) is 3.08. The highest BCUT2D eigenvalue weighted by Crippen LogP contribution is 2.36. The van der Waals surface area contributed by atoms with Gasteiger partial charge in [0, 0.05) is 0 Å². The van der Waals surface area contributed by atoms with E-state index in [0.29, 0.717) is 13.2 Å². The first kappa shape index (κ1) is 43.2. The van der Waals surface area contributed by atoms with Crippen LogP contribution in [-0.4, -0.2) is 18.3 Å². The molecular formula is C43H71BrO3. The Labute approximate surface area is 299 Å². The quantitative estimate of drug-likeness (QED) is 0.0582. The molecule has 0 spiro atoms. The Balaban J connectivity index is 2.09. The Morgan fingerprint density at radius 1 is 0.489 bits per heavy atom. The van der Waals surface area contributed by atoms with Crippen molar-refractivity contribution in [3.8, 4) is 11.5 Å². The number of benzene rings is 1. The Morgan fingerprint density at radius 3 is 1.19 bits per heavy atom. The molecule has 47 heavy (non-hydrogen) atoms. The molecule has 0 aromatic heterocycles. The molecule has 0 unspecified atom stereocenters. The minimum atomic E-state index is -0.0180. The van der Waals surface area contributed by atoms with E-state index in [1.165, 1.54) is 128 Å². The lowest BCUT2D eigenvalue weighted by atomic mass is 10.1. The average molecular weight is 716 g/mol. The molecule has 0 aliphatic heterocycles. The molecule has 0 aliphatic carbocycles. The summed E-state index contributed by atoms with van der Waals surface area (Å²) in [5.74, 6) is 1.54. The van der Waals surface area contributed by atoms with E-state index in [1.54, 1.807) is 0 Å². The summed E-state index contributed by atoms with van der Waals surface area (Å²) in [5, 5.41) is 9.78. The van der Waals surface area contributed by atoms with Crippen molar-refractivity contribution in [2.45, 2.75) is 175 Å². The second-order valence-corrected chi connectivity index (χ2v) is 13.7. The van der Waals surface area contributed by atoms with Crippen molar-refractivity contribution in [1.82, 2.24) is 0 Å². The summed E-state index contributed by atoms with van der Waals surface area (Å²) in [4.78, 5) is 0. The largest absolute Gasteiger partial charge is 0.492 e. The van der Waals surface area contributed by atoms with Crippen LogP contribution in [0.4, 0.5) is 0 Å². The highest BCUT2D eigenvalue weighted by Gasteiger charge is 2.11. The predicted octanol–water partition coefficient (Wildman–Crippen LogP) is 14.3. The van der Waals surface area contributed by atoms with E-state index >= 15 is 0 Å². The molecule has 0 aliphatic rings. The zero-order valence-electron chi connectivity index (χ0n) is 30.5. The van der Waals surface area contributed by atoms with Crippen molar-refractivity contribution >= 4 is 15.9 Å². The lowest BCUT2D eigenvalue weighted by Gasteiger charge is -2.15. The van der Waals surface area contributed by atoms with Crippen molar-refractivity contribution in [3.05, 3.63) is 70.8 Å². The number of rotatable bonds is 33. The second kappa shape index (κ2) is 34.1. The fraction of sp³-hybridized carbons (Fsp3) is 0.674. The summed E-state index contributed by atoms with van der Waals surface area (Å²) in [7, 11) is 0. The summed E-state index contributed by atoms with van der Waals surface area (Å²) in [6.45, 7) is 5.87. The number of hydrogen-bond acceptors (Lipinski definition) is 3. The number of aliphatic hydroxyl groups excluding tert-OH is 1. The van der Waals surface area contributed by atoms with Crippen LogP contribution in [0.5, 0.6) is 11.5 Å². The third kappa shape index (κ3) is 26.8. The third-order valence-corrected chi connectivity index (χ3v) is 9.23. The van der Waals surface area contributed by atoms with E-state index in [1.807, 2.05) is 12.1 Å². The van der Waals surface area contributed by atoms with E-state index in [4.69, 9.17) is 9.47 Å². The van der Waals surface area contributed by atoms with Gasteiger partial charge in [-0.15, -0.1) is 0 Å². The standard InChI is InChI=1S/C43H71BrO3/c1-3-5-7-9-11-13-15-17-19-21-23-25-27-29-31-33-35-46-41-37-40(39-45)38-42(43(41)44)47-36-34-32-30-28-26-24-22-20-18-16-14-12-10-8-6-4-2/h11-14,17-20,37-38,45H,3-10,15-16,21-36,39H2,1-2H3. The number of hydrogen-bond donors (Lipinski definition) is 1. The maximum absolute atomic E-state index is 9.78. The van der Waals surface area contributed by atoms with E-state index < -0.39 is 0 Å². The Morgan fingerprint density at radius 2 is 0.830 bits per heavy atom. The molecule has 1 aromatic carbocycles. The van der Waals surface area contributed by atoms with Gasteiger partial charge in [-0.05, 0) is 111 Å². The number of allylic oxidation sites excluding steroid dienone is 8. The van der Waals surface area contributed by atoms with Crippen molar-refractivity contribution in [3.63, 3.8) is 0 Å². The van der Waals surface area contributed by atoms with Gasteiger partial charge in [0.25, 0.3) is 0 Å². The predicted molar refractivity (Wildman–Crippen MR) is 210 cm³/mol. The number of unbranched alkanes of at least 4 members (excludes halogenated alkanes) is 18. The van der Waals surface area contributed by atoms with Gasteiger partial charge in [0.15, 0.2) is 0 Å². The van der Waals surface area contributed by atoms with Gasteiger partial charge in [0.1, 0.15) is 16.0 Å². The fourth-order valence-electron chi connectivity index (χ4n) is 5.47. The highest BCUT2D eigenvalue weighted by molar-refractivity contribution is 9.10. The summed E-state index contributed by atoms with van der Waals surface area (Å²) in [6.07, 6.45) is 48.3. The number of ether oxygens (including phenoxy) is 2. The molecule has 0 heterocycles. The molecule has 0 saturated heterocycles. The molecule has 0 bridgehead atoms. The lowest BCUT2D eigenvalue weighted by molar-refractivity contribution is 0.270. The maximum Gasteiger partial charge on any atom is 0.137 e. The van der Waals surface area contributed by atoms with Crippen molar-refractivity contribution in [2.75, 3.05) is 13.2 Å². The van der Waals surface area contributed by atoms with Gasteiger partial charge in [-0.2, -0.15) is 0 Å².